The van der Waals surface area contributed by atoms with E-state index in [2.05, 4.69) is 32.2 Å². The summed E-state index contributed by atoms with van der Waals surface area (Å²) in [5, 5.41) is 5.46. The van der Waals surface area contributed by atoms with Crippen LogP contribution in [0.1, 0.15) is 31.7 Å². The van der Waals surface area contributed by atoms with E-state index in [1.165, 1.54) is 25.1 Å². The average Bonchev–Trinajstić information content (AvgIpc) is 2.63. The molecule has 1 saturated heterocycles. The quantitative estimate of drug-likeness (QED) is 0.672. The van der Waals surface area contributed by atoms with E-state index >= 15 is 0 Å². The minimum atomic E-state index is -4.41. The molecule has 0 spiro atoms. The van der Waals surface area contributed by atoms with E-state index in [9.17, 15) is 18.0 Å². The molecule has 0 unspecified atom stereocenters. The number of rotatable bonds is 8. The van der Waals surface area contributed by atoms with E-state index in [0.29, 0.717) is 12.1 Å². The number of nitrogens with zero attached hydrogens (tertiary/aromatic N) is 2. The third-order valence-electron chi connectivity index (χ3n) is 4.45. The molecule has 2 N–H and O–H groups in total. The van der Waals surface area contributed by atoms with Crippen molar-refractivity contribution >= 4 is 6.03 Å². The van der Waals surface area contributed by atoms with Crippen LogP contribution < -0.4 is 15.4 Å². The van der Waals surface area contributed by atoms with Crippen LogP contribution in [-0.2, 0) is 6.54 Å². The molecule has 9 heteroatoms. The van der Waals surface area contributed by atoms with Gasteiger partial charge in [-0.2, -0.15) is 13.2 Å². The molecule has 0 radical (unpaired) electrons. The fourth-order valence-electron chi connectivity index (χ4n) is 2.83. The third-order valence-corrected chi connectivity index (χ3v) is 4.45. The van der Waals surface area contributed by atoms with Crippen LogP contribution in [-0.4, -0.2) is 54.9 Å². The van der Waals surface area contributed by atoms with Gasteiger partial charge in [0.2, 0.25) is 5.88 Å². The second-order valence-electron chi connectivity index (χ2n) is 6.89. The maximum absolute atomic E-state index is 12.2. The maximum atomic E-state index is 12.2. The van der Waals surface area contributed by atoms with Crippen molar-refractivity contribution < 1.29 is 22.7 Å². The van der Waals surface area contributed by atoms with Gasteiger partial charge in [0.1, 0.15) is 0 Å². The van der Waals surface area contributed by atoms with Crippen molar-refractivity contribution in [3.63, 3.8) is 0 Å². The lowest BCUT2D eigenvalue weighted by atomic mass is 9.99. The van der Waals surface area contributed by atoms with Gasteiger partial charge < -0.3 is 20.3 Å². The number of likely N-dealkylation sites (tertiary alicyclic amines) is 1. The largest absolute Gasteiger partial charge is 0.468 e. The average molecular weight is 388 g/mol. The number of ether oxygens (including phenoxy) is 1. The number of piperidine rings is 1. The van der Waals surface area contributed by atoms with E-state index in [1.54, 1.807) is 6.07 Å². The Morgan fingerprint density at radius 3 is 2.78 bits per heavy atom. The first kappa shape index (κ1) is 21.3. The van der Waals surface area contributed by atoms with Gasteiger partial charge in [-0.15, -0.1) is 0 Å². The van der Waals surface area contributed by atoms with Crippen molar-refractivity contribution in [3.05, 3.63) is 23.9 Å². The van der Waals surface area contributed by atoms with Gasteiger partial charge in [-0.3, -0.25) is 0 Å². The molecule has 0 atom stereocenters. The Morgan fingerprint density at radius 1 is 1.33 bits per heavy atom. The summed E-state index contributed by atoms with van der Waals surface area (Å²) in [5.74, 6) is 0.681. The predicted octanol–water partition coefficient (Wildman–Crippen LogP) is 2.94. The van der Waals surface area contributed by atoms with Gasteiger partial charge in [-0.25, -0.2) is 9.78 Å². The number of hydrogen-bond donors (Lipinski definition) is 2. The standard InChI is InChI=1S/C18H27F3N4O2/c1-14-4-9-25(10-5-14)8-2-6-23-17(26)24-12-15-3-7-22-16(11-15)27-13-18(19,20)21/h3,7,11,14H,2,4-6,8-10,12-13H2,1H3,(H2,23,24,26). The van der Waals surface area contributed by atoms with Crippen LogP contribution in [0.25, 0.3) is 0 Å². The molecule has 27 heavy (non-hydrogen) atoms. The van der Waals surface area contributed by atoms with Crippen LogP contribution in [0.4, 0.5) is 18.0 Å². The highest BCUT2D eigenvalue weighted by Gasteiger charge is 2.28. The number of carbonyl (C=O) groups is 1. The zero-order valence-electron chi connectivity index (χ0n) is 15.5. The van der Waals surface area contributed by atoms with E-state index in [1.807, 2.05) is 0 Å². The molecule has 6 nitrogen and oxygen atoms in total. The molecular formula is C18H27F3N4O2. The third kappa shape index (κ3) is 8.94. The number of hydrogen-bond acceptors (Lipinski definition) is 4. The number of aromatic nitrogens is 1. The van der Waals surface area contributed by atoms with Gasteiger partial charge >= 0.3 is 12.2 Å². The summed E-state index contributed by atoms with van der Waals surface area (Å²) < 4.78 is 41.1. The maximum Gasteiger partial charge on any atom is 0.422 e. The highest BCUT2D eigenvalue weighted by atomic mass is 19.4. The smallest absolute Gasteiger partial charge is 0.422 e. The normalized spacial score (nSPS) is 16.1. The molecular weight excluding hydrogens is 361 g/mol. The minimum absolute atomic E-state index is 0.122. The Labute approximate surface area is 157 Å². The lowest BCUT2D eigenvalue weighted by molar-refractivity contribution is -0.154. The molecule has 152 valence electrons. The molecule has 2 amide bonds. The first-order chi connectivity index (χ1) is 12.8. The molecule has 2 rings (SSSR count). The van der Waals surface area contributed by atoms with Gasteiger partial charge in [0.25, 0.3) is 0 Å². The predicted molar refractivity (Wildman–Crippen MR) is 95.5 cm³/mol. The zero-order valence-corrected chi connectivity index (χ0v) is 15.5. The lowest BCUT2D eigenvalue weighted by Crippen LogP contribution is -2.38. The highest BCUT2D eigenvalue weighted by Crippen LogP contribution is 2.17. The van der Waals surface area contributed by atoms with Crippen molar-refractivity contribution in [3.8, 4) is 5.88 Å². The molecule has 1 fully saturated rings. The molecule has 0 aliphatic carbocycles. The second-order valence-corrected chi connectivity index (χ2v) is 6.89. The molecule has 1 aliphatic heterocycles. The lowest BCUT2D eigenvalue weighted by Gasteiger charge is -2.30. The van der Waals surface area contributed by atoms with Crippen molar-refractivity contribution in [1.29, 1.82) is 0 Å². The number of halogens is 3. The summed E-state index contributed by atoms with van der Waals surface area (Å²) in [6.07, 6.45) is 0.276. The second kappa shape index (κ2) is 10.3. The van der Waals surface area contributed by atoms with E-state index < -0.39 is 12.8 Å². The van der Waals surface area contributed by atoms with Gasteiger partial charge in [0, 0.05) is 25.4 Å². The topological polar surface area (TPSA) is 66.5 Å². The van der Waals surface area contributed by atoms with E-state index in [-0.39, 0.29) is 18.5 Å². The minimum Gasteiger partial charge on any atom is -0.468 e. The highest BCUT2D eigenvalue weighted by molar-refractivity contribution is 5.73. The summed E-state index contributed by atoms with van der Waals surface area (Å²) >= 11 is 0. The van der Waals surface area contributed by atoms with Crippen LogP contribution in [0, 0.1) is 5.92 Å². The number of pyridine rings is 1. The monoisotopic (exact) mass is 388 g/mol. The fourth-order valence-corrected chi connectivity index (χ4v) is 2.83. The number of amides is 2. The van der Waals surface area contributed by atoms with Gasteiger partial charge in [-0.1, -0.05) is 6.92 Å². The number of nitrogens with one attached hydrogen (secondary N) is 2. The van der Waals surface area contributed by atoms with Crippen LogP contribution >= 0.6 is 0 Å². The van der Waals surface area contributed by atoms with Crippen LogP contribution in [0.15, 0.2) is 18.3 Å². The Kier molecular flexibility index (Phi) is 8.15. The first-order valence-corrected chi connectivity index (χ1v) is 9.20. The molecule has 1 aromatic rings. The van der Waals surface area contributed by atoms with Crippen molar-refractivity contribution in [1.82, 2.24) is 20.5 Å². The summed E-state index contributed by atoms with van der Waals surface area (Å²) in [7, 11) is 0. The van der Waals surface area contributed by atoms with Crippen LogP contribution in [0.2, 0.25) is 0 Å². The SMILES string of the molecule is CC1CCN(CCCNC(=O)NCc2ccnc(OCC(F)(F)F)c2)CC1. The Morgan fingerprint density at radius 2 is 2.07 bits per heavy atom. The Hall–Kier alpha value is -2.03. The molecule has 1 aliphatic rings. The van der Waals surface area contributed by atoms with Crippen molar-refractivity contribution in [2.24, 2.45) is 5.92 Å². The Balaban J connectivity index is 1.61. The summed E-state index contributed by atoms with van der Waals surface area (Å²) in [4.78, 5) is 18.0. The fraction of sp³-hybridized carbons (Fsp3) is 0.667. The zero-order chi connectivity index (χ0) is 19.7. The molecule has 0 bridgehead atoms. The molecule has 0 aromatic carbocycles. The summed E-state index contributed by atoms with van der Waals surface area (Å²) in [6, 6.07) is 2.68. The van der Waals surface area contributed by atoms with E-state index in [4.69, 9.17) is 0 Å². The molecule has 2 heterocycles. The first-order valence-electron chi connectivity index (χ1n) is 9.20. The van der Waals surface area contributed by atoms with Gasteiger partial charge in [0.05, 0.1) is 0 Å². The summed E-state index contributed by atoms with van der Waals surface area (Å²) in [6.45, 7) is 4.85. The molecule has 0 saturated carbocycles. The number of carbonyl (C=O) groups excluding carboxylic acids is 1. The van der Waals surface area contributed by atoms with Crippen molar-refractivity contribution in [2.75, 3.05) is 32.8 Å². The summed E-state index contributed by atoms with van der Waals surface area (Å²) in [5.41, 5.74) is 0.611. The number of urea groups is 1. The Bertz CT molecular complexity index is 590. The van der Waals surface area contributed by atoms with Crippen molar-refractivity contribution in [2.45, 2.75) is 38.9 Å². The van der Waals surface area contributed by atoms with Gasteiger partial charge in [0.15, 0.2) is 6.61 Å². The van der Waals surface area contributed by atoms with Gasteiger partial charge in [-0.05, 0) is 56.4 Å². The van der Waals surface area contributed by atoms with Crippen LogP contribution in [0.5, 0.6) is 5.88 Å². The molecule has 1 aromatic heterocycles. The van der Waals surface area contributed by atoms with E-state index in [0.717, 1.165) is 32.0 Å². The van der Waals surface area contributed by atoms with Crippen LogP contribution in [0.3, 0.4) is 0 Å². The number of alkyl halides is 3.